The van der Waals surface area contributed by atoms with Gasteiger partial charge >= 0.3 is 12.2 Å². The van der Waals surface area contributed by atoms with Crippen molar-refractivity contribution in [2.24, 2.45) is 4.99 Å². The van der Waals surface area contributed by atoms with E-state index in [0.717, 1.165) is 94.4 Å². The van der Waals surface area contributed by atoms with Crippen molar-refractivity contribution in [1.29, 1.82) is 0 Å². The number of carboxylic acids is 2. The van der Waals surface area contributed by atoms with Gasteiger partial charge in [0.15, 0.2) is 0 Å². The number of nitrogens with zero attached hydrogens (tertiary/aromatic N) is 18. The number of nitrogens with one attached hydrogen (secondary N) is 1. The molecular weight excluding hydrogens is 1600 g/mol. The number of amides is 3. The fraction of sp³-hybridized carbons (Fsp3) is 0.438. The second kappa shape index (κ2) is 39.2. The van der Waals surface area contributed by atoms with Crippen molar-refractivity contribution in [3.8, 4) is 17.1 Å². The van der Waals surface area contributed by atoms with Crippen LogP contribution in [0.15, 0.2) is 115 Å². The zero-order valence-electron chi connectivity index (χ0n) is 63.3. The molecule has 0 saturated heterocycles. The van der Waals surface area contributed by atoms with E-state index >= 15 is 0 Å². The molecule has 108 heavy (non-hydrogen) atoms. The number of carbonyl (C=O) groups excluding carboxylic acids is 3. The van der Waals surface area contributed by atoms with Crippen LogP contribution in [0.5, 0.6) is 0 Å². The van der Waals surface area contributed by atoms with E-state index in [2.05, 4.69) is 93.2 Å². The van der Waals surface area contributed by atoms with Crippen LogP contribution in [0.4, 0.5) is 24.1 Å². The largest absolute Gasteiger partial charge is 0.481 e. The van der Waals surface area contributed by atoms with E-state index in [9.17, 15) is 23.2 Å². The molecule has 0 aliphatic carbocycles. The van der Waals surface area contributed by atoms with Gasteiger partial charge in [0.05, 0.1) is 151 Å². The summed E-state index contributed by atoms with van der Waals surface area (Å²) in [6.45, 7) is 35.8. The molecule has 1 radical (unpaired) electrons. The Morgan fingerprint density at radius 2 is 0.963 bits per heavy atom. The minimum absolute atomic E-state index is 0. The van der Waals surface area contributed by atoms with Crippen molar-refractivity contribution in [2.45, 2.75) is 205 Å². The molecule has 9 aromatic rings. The number of carboxylic acid groups (broad SMARTS) is 2. The summed E-state index contributed by atoms with van der Waals surface area (Å²) in [6.07, 6.45) is 22.3. The molecule has 2 aromatic carbocycles. The van der Waals surface area contributed by atoms with Gasteiger partial charge in [-0.2, -0.15) is 35.7 Å². The first-order valence-electron chi connectivity index (χ1n) is 34.4. The fourth-order valence-corrected chi connectivity index (χ4v) is 12.0. The Balaban J connectivity index is 0.000000206. The van der Waals surface area contributed by atoms with Gasteiger partial charge in [0.2, 0.25) is 5.91 Å². The van der Waals surface area contributed by atoms with E-state index in [1.165, 1.54) is 41.6 Å². The molecule has 0 bridgehead atoms. The summed E-state index contributed by atoms with van der Waals surface area (Å²) in [6, 6.07) is 9.08. The molecule has 0 spiro atoms. The van der Waals surface area contributed by atoms with Crippen LogP contribution in [-0.2, 0) is 99.7 Å². The Hall–Kier alpha value is -9.28. The molecule has 5 aliphatic heterocycles. The molecule has 0 fully saturated rings. The first-order chi connectivity index (χ1) is 50.2. The summed E-state index contributed by atoms with van der Waals surface area (Å²) < 4.78 is 51.1. The molecule has 587 valence electrons. The van der Waals surface area contributed by atoms with Crippen LogP contribution in [0.1, 0.15) is 135 Å². The Labute approximate surface area is 661 Å². The van der Waals surface area contributed by atoms with E-state index < -0.39 is 34.8 Å². The van der Waals surface area contributed by atoms with E-state index in [0.29, 0.717) is 50.0 Å². The predicted octanol–water partition coefficient (Wildman–Crippen LogP) is 12.4. The van der Waals surface area contributed by atoms with Crippen molar-refractivity contribution in [3.05, 3.63) is 180 Å². The Bertz CT molecular complexity index is 4580. The number of rotatable bonds is 5. The second-order valence-electron chi connectivity index (χ2n) is 28.1. The maximum atomic E-state index is 13.3. The first-order valence-corrected chi connectivity index (χ1v) is 36.2. The van der Waals surface area contributed by atoms with Gasteiger partial charge in [0, 0.05) is 80.0 Å². The van der Waals surface area contributed by atoms with Gasteiger partial charge < -0.3 is 35.6 Å². The van der Waals surface area contributed by atoms with Crippen LogP contribution < -0.4 is 11.1 Å². The van der Waals surface area contributed by atoms with E-state index in [-0.39, 0.29) is 69.8 Å². The third kappa shape index (κ3) is 25.7. The maximum Gasteiger partial charge on any atom is 0.410 e. The molecule has 0 saturated carbocycles. The molecule has 4 unspecified atom stereocenters. The van der Waals surface area contributed by atoms with Gasteiger partial charge in [-0.25, -0.2) is 32.4 Å². The van der Waals surface area contributed by atoms with Crippen molar-refractivity contribution < 1.29 is 69.5 Å². The zero-order valence-corrected chi connectivity index (χ0v) is 68.0. The van der Waals surface area contributed by atoms with E-state index in [1.54, 1.807) is 50.0 Å². The molecule has 5 aliphatic rings. The number of halogens is 5. The van der Waals surface area contributed by atoms with Gasteiger partial charge in [0.1, 0.15) is 39.9 Å². The number of nitrogen functional groups attached to an aromatic ring is 1. The quantitative estimate of drug-likeness (QED) is 0.0706. The van der Waals surface area contributed by atoms with Crippen LogP contribution >= 0.6 is 45.8 Å². The summed E-state index contributed by atoms with van der Waals surface area (Å²) in [5.74, 6) is -2.62. The van der Waals surface area contributed by atoms with E-state index in [1.807, 2.05) is 150 Å². The van der Waals surface area contributed by atoms with Crippen molar-refractivity contribution in [3.63, 3.8) is 0 Å². The van der Waals surface area contributed by atoms with Crippen LogP contribution in [0.25, 0.3) is 17.1 Å². The molecule has 5 N–H and O–H groups in total. The second-order valence-corrected chi connectivity index (χ2v) is 30.1. The van der Waals surface area contributed by atoms with Crippen molar-refractivity contribution >= 4 is 87.7 Å². The number of allylic oxidation sites excluding steroid dienone is 1. The minimum atomic E-state index is -0.833. The van der Waals surface area contributed by atoms with Gasteiger partial charge in [-0.3, -0.25) is 47.9 Å². The maximum absolute atomic E-state index is 13.3. The number of nitrogens with two attached hydrogens (primary N) is 1. The van der Waals surface area contributed by atoms with Crippen LogP contribution in [0.2, 0.25) is 10.0 Å². The number of aryl methyl sites for hydroxylation is 3. The predicted molar refractivity (Wildman–Crippen MR) is 411 cm³/mol. The summed E-state index contributed by atoms with van der Waals surface area (Å²) in [5.41, 5.74) is 17.1. The summed E-state index contributed by atoms with van der Waals surface area (Å²) in [5, 5.41) is 49.0. The number of carbonyl (C=O) groups is 5. The minimum Gasteiger partial charge on any atom is -0.481 e. The number of aliphatic carboxylic acids is 2. The smallest absolute Gasteiger partial charge is 0.410 e. The van der Waals surface area contributed by atoms with Gasteiger partial charge in [-0.15, -0.1) is 0 Å². The zero-order chi connectivity index (χ0) is 78.9. The number of anilines is 1. The summed E-state index contributed by atoms with van der Waals surface area (Å²) in [7, 11) is 0. The molecule has 12 heterocycles. The van der Waals surface area contributed by atoms with Gasteiger partial charge in [-0.1, -0.05) is 35.3 Å². The van der Waals surface area contributed by atoms with Crippen LogP contribution in [0.3, 0.4) is 0 Å². The average molecular weight is 1700 g/mol. The number of fused-ring (bicyclic) bond motifs is 4. The number of benzene rings is 2. The molecule has 14 rings (SSSR count). The Morgan fingerprint density at radius 1 is 0.574 bits per heavy atom. The molecular formula is C73H95Cl2CuF2IN20O9. The molecule has 3 amide bonds. The summed E-state index contributed by atoms with van der Waals surface area (Å²) >= 11 is 13.4. The van der Waals surface area contributed by atoms with Crippen LogP contribution in [-0.4, -0.2) is 172 Å². The first kappa shape index (κ1) is 87.6. The Morgan fingerprint density at radius 3 is 1.34 bits per heavy atom. The van der Waals surface area contributed by atoms with Crippen LogP contribution in [0, 0.1) is 36.0 Å². The summed E-state index contributed by atoms with van der Waals surface area (Å²) in [4.78, 5) is 64.8. The fourth-order valence-electron chi connectivity index (χ4n) is 11.0. The third-order valence-corrected chi connectivity index (χ3v) is 17.6. The number of aromatic nitrogens is 14. The standard InChI is InChI=1S/C19H19ClFN5O.C16H23N5O2.C12H18IN3O2.C11H15N5.C6H5ClFN.C5H7N.2C2H4O2.Cu/c1-12-7-22-25(9-12)17-8-23-26-10-13(2)24(11-18(17)26)19(27)6-14-3-4-16(21)15(20)5-14;1-11-6-17-20(8-11)13-7-18-21-9-12(2)19(10-14(13)21)15(22)23-16(3,4)5;1-8-6-16-10(9(13)5-14-16)7-15(8)11(17)18-12(2,3)4;1-8-3-13-15(6-8)11-5-14-16-7-9(2)12-4-10(11)16;7-5-3-4(9)1-2-6(5)8;1-5-2-3-6-4-5;2*1-2(3)4;/h3-5,7-9,13H,6,10-11H2,1-2H3;6-8,12H,9-10H2,1-5H3;5,8H,6-7H2,1-4H3;3,5-6,9,12H,4,7H2,1-2H3;1-3H,9H2;2,4H,3H2,1H3;2*1H3,(H,3,4);. The number of hydrogen-bond acceptors (Lipinski definition) is 17. The Kier molecular flexibility index (Phi) is 31.8. The third-order valence-electron chi connectivity index (χ3n) is 16.2. The molecule has 29 nitrogen and oxygen atoms in total. The average Bonchev–Trinajstić information content (AvgIpc) is 1.65. The monoisotopic (exact) mass is 1690 g/mol. The molecule has 35 heteroatoms. The van der Waals surface area contributed by atoms with Crippen molar-refractivity contribution in [2.75, 3.05) is 12.3 Å². The van der Waals surface area contributed by atoms with Gasteiger partial charge in [-0.05, 0) is 178 Å². The number of aliphatic imine (C=N–C) groups is 1. The SMILES string of the molecule is CC(=O)O.CC(=O)O.CC1=CCN=C1.CC1Cn2ncc(I)c2CN1C(=O)OC(C)(C)C.Cc1cnn(-c2cnn3c2CN(C(=O)Cc2ccc(F)c(Cl)c2)C(C)C3)c1.Cc1cnn(-c2cnn3c2CN(C(=O)OC(C)(C)C)C(C)C3)c1.Cc1cnn(-c2cnn3c2CNC(C)C3)c1.Nc1ccc(F)c(Cl)c1.[Cu]. The van der Waals surface area contributed by atoms with Crippen molar-refractivity contribution in [1.82, 2.24) is 88.5 Å². The van der Waals surface area contributed by atoms with Gasteiger partial charge in [0.25, 0.3) is 11.9 Å². The number of ether oxygens (including phenoxy) is 2. The van der Waals surface area contributed by atoms with E-state index in [4.69, 9.17) is 58.2 Å². The normalized spacial score (nSPS) is 16.4. The topological polar surface area (TPSA) is 329 Å². The molecule has 7 aromatic heterocycles. The number of hydrogen-bond donors (Lipinski definition) is 4. The molecule has 4 atom stereocenters.